The van der Waals surface area contributed by atoms with Crippen LogP contribution in [0.15, 0.2) is 66.0 Å². The maximum atomic E-state index is 13.8. The number of nitrogens with zero attached hydrogens (tertiary/aromatic N) is 5. The Morgan fingerprint density at radius 3 is 2.41 bits per heavy atom. The van der Waals surface area contributed by atoms with Gasteiger partial charge >= 0.3 is 0 Å². The first kappa shape index (κ1) is 26.0. The quantitative estimate of drug-likeness (QED) is 0.371. The van der Waals surface area contributed by atoms with Crippen molar-refractivity contribution in [3.8, 4) is 17.1 Å². The number of methoxy groups -OCH3 is 1. The molecule has 0 saturated carbocycles. The Hall–Kier alpha value is -4.12. The van der Waals surface area contributed by atoms with Crippen LogP contribution in [0.1, 0.15) is 31.7 Å². The highest BCUT2D eigenvalue weighted by Gasteiger charge is 2.35. The van der Waals surface area contributed by atoms with Gasteiger partial charge in [-0.05, 0) is 86.0 Å². The van der Waals surface area contributed by atoms with Crippen molar-refractivity contribution in [1.82, 2.24) is 25.5 Å². The number of tetrazole rings is 1. The molecule has 0 fully saturated rings. The van der Waals surface area contributed by atoms with E-state index in [0.29, 0.717) is 21.9 Å². The molecule has 1 atom stereocenters. The number of benzene rings is 2. The van der Waals surface area contributed by atoms with Gasteiger partial charge < -0.3 is 10.1 Å². The van der Waals surface area contributed by atoms with Crippen LogP contribution in [0.2, 0.25) is 0 Å². The summed E-state index contributed by atoms with van der Waals surface area (Å²) in [6.07, 6.45) is 0. The highest BCUT2D eigenvalue weighted by Crippen LogP contribution is 2.32. The van der Waals surface area contributed by atoms with Crippen LogP contribution in [-0.2, 0) is 16.1 Å². The van der Waals surface area contributed by atoms with E-state index in [9.17, 15) is 14.0 Å². The van der Waals surface area contributed by atoms with Gasteiger partial charge in [-0.25, -0.2) is 4.39 Å². The molecule has 0 unspecified atom stereocenters. The maximum Gasteiger partial charge on any atom is 0.251 e. The average molecular weight is 523 g/mol. The Morgan fingerprint density at radius 2 is 1.81 bits per heavy atom. The van der Waals surface area contributed by atoms with Gasteiger partial charge in [-0.15, -0.1) is 21.5 Å². The van der Waals surface area contributed by atoms with Crippen LogP contribution >= 0.6 is 11.3 Å². The highest BCUT2D eigenvalue weighted by atomic mass is 32.1. The Labute approximate surface area is 217 Å². The third-order valence-electron chi connectivity index (χ3n) is 5.27. The minimum Gasteiger partial charge on any atom is -0.497 e. The van der Waals surface area contributed by atoms with Crippen molar-refractivity contribution in [2.24, 2.45) is 0 Å². The number of amides is 2. The number of nitrogens with one attached hydrogen (secondary N) is 1. The molecular weight excluding hydrogens is 495 g/mol. The van der Waals surface area contributed by atoms with Crippen molar-refractivity contribution >= 4 is 28.8 Å². The Morgan fingerprint density at radius 1 is 1.11 bits per heavy atom. The molecule has 0 aliphatic heterocycles. The Bertz CT molecular complexity index is 1350. The standard InChI is InChI=1S/C26H27FN6O3S/c1-26(2,3)28-25(35)23(21-6-5-15-37-21)33(19-11-13-20(36-4)14-12-19)22(34)16-32-30-24(29-31-32)17-7-9-18(27)10-8-17/h5-15,23H,16H2,1-4H3,(H,28,35)/t23-/m0/s1. The second-order valence-corrected chi connectivity index (χ2v) is 10.2. The summed E-state index contributed by atoms with van der Waals surface area (Å²) >= 11 is 1.38. The molecule has 4 rings (SSSR count). The molecule has 37 heavy (non-hydrogen) atoms. The lowest BCUT2D eigenvalue weighted by molar-refractivity contribution is -0.128. The molecule has 0 radical (unpaired) electrons. The minimum absolute atomic E-state index is 0.254. The van der Waals surface area contributed by atoms with Crippen molar-refractivity contribution < 1.29 is 18.7 Å². The lowest BCUT2D eigenvalue weighted by atomic mass is 10.1. The number of anilines is 1. The summed E-state index contributed by atoms with van der Waals surface area (Å²) in [7, 11) is 1.55. The maximum absolute atomic E-state index is 13.8. The molecule has 2 aromatic heterocycles. The zero-order valence-corrected chi connectivity index (χ0v) is 21.7. The van der Waals surface area contributed by atoms with Gasteiger partial charge in [-0.3, -0.25) is 14.5 Å². The molecule has 0 aliphatic rings. The number of ether oxygens (including phenoxy) is 1. The third-order valence-corrected chi connectivity index (χ3v) is 6.19. The van der Waals surface area contributed by atoms with E-state index in [2.05, 4.69) is 20.7 Å². The molecule has 2 heterocycles. The number of carbonyl (C=O) groups is 2. The van der Waals surface area contributed by atoms with Gasteiger partial charge in [0.2, 0.25) is 11.7 Å². The van der Waals surface area contributed by atoms with Crippen molar-refractivity contribution in [3.05, 3.63) is 76.7 Å². The number of carbonyl (C=O) groups excluding carboxylic acids is 2. The van der Waals surface area contributed by atoms with E-state index in [-0.39, 0.29) is 24.1 Å². The Balaban J connectivity index is 1.70. The summed E-state index contributed by atoms with van der Waals surface area (Å²) in [5.74, 6) is -0.253. The minimum atomic E-state index is -0.930. The molecule has 192 valence electrons. The monoisotopic (exact) mass is 522 g/mol. The van der Waals surface area contributed by atoms with Crippen LogP contribution < -0.4 is 15.0 Å². The molecule has 0 spiro atoms. The molecule has 11 heteroatoms. The van der Waals surface area contributed by atoms with Crippen LogP contribution in [0, 0.1) is 5.82 Å². The summed E-state index contributed by atoms with van der Waals surface area (Å²) in [5.41, 5.74) is 0.555. The molecular formula is C26H27FN6O3S. The van der Waals surface area contributed by atoms with E-state index >= 15 is 0 Å². The molecule has 2 aromatic carbocycles. The molecule has 0 aliphatic carbocycles. The van der Waals surface area contributed by atoms with Gasteiger partial charge in [0.15, 0.2) is 0 Å². The predicted molar refractivity (Wildman–Crippen MR) is 139 cm³/mol. The average Bonchev–Trinajstić information content (AvgIpc) is 3.54. The number of hydrogen-bond acceptors (Lipinski definition) is 7. The first-order valence-electron chi connectivity index (χ1n) is 11.5. The van der Waals surface area contributed by atoms with Crippen molar-refractivity contribution in [1.29, 1.82) is 0 Å². The lowest BCUT2D eigenvalue weighted by Crippen LogP contribution is -2.50. The van der Waals surface area contributed by atoms with Crippen LogP contribution in [-0.4, -0.2) is 44.7 Å². The number of rotatable bonds is 8. The van der Waals surface area contributed by atoms with Crippen LogP contribution in [0.25, 0.3) is 11.4 Å². The van der Waals surface area contributed by atoms with E-state index in [4.69, 9.17) is 4.74 Å². The fourth-order valence-electron chi connectivity index (χ4n) is 3.66. The SMILES string of the molecule is COc1ccc(N(C(=O)Cn2nnc(-c3ccc(F)cc3)n2)[C@H](C(=O)NC(C)(C)C)c2cccs2)cc1. The summed E-state index contributed by atoms with van der Waals surface area (Å²) in [5, 5.41) is 17.1. The molecule has 0 saturated heterocycles. The van der Waals surface area contributed by atoms with E-state index in [1.54, 1.807) is 31.4 Å². The summed E-state index contributed by atoms with van der Waals surface area (Å²) in [4.78, 5) is 30.7. The number of thiophene rings is 1. The second-order valence-electron chi connectivity index (χ2n) is 9.27. The smallest absolute Gasteiger partial charge is 0.251 e. The van der Waals surface area contributed by atoms with Gasteiger partial charge in [-0.1, -0.05) is 6.07 Å². The number of hydrogen-bond donors (Lipinski definition) is 1. The van der Waals surface area contributed by atoms with Crippen molar-refractivity contribution in [2.45, 2.75) is 38.9 Å². The number of halogens is 1. The second kappa shape index (κ2) is 10.9. The molecule has 2 amide bonds. The van der Waals surface area contributed by atoms with E-state index in [0.717, 1.165) is 4.80 Å². The first-order valence-corrected chi connectivity index (χ1v) is 12.4. The fraction of sp³-hybridized carbons (Fsp3) is 0.269. The first-order chi connectivity index (χ1) is 17.6. The van der Waals surface area contributed by atoms with E-state index in [1.807, 2.05) is 38.3 Å². The van der Waals surface area contributed by atoms with Crippen LogP contribution in [0.3, 0.4) is 0 Å². The predicted octanol–water partition coefficient (Wildman–Crippen LogP) is 4.24. The fourth-order valence-corrected chi connectivity index (χ4v) is 4.47. The van der Waals surface area contributed by atoms with Gasteiger partial charge in [0.1, 0.15) is 24.2 Å². The van der Waals surface area contributed by atoms with Gasteiger partial charge in [0.05, 0.1) is 7.11 Å². The Kier molecular flexibility index (Phi) is 7.63. The van der Waals surface area contributed by atoms with Crippen molar-refractivity contribution in [2.75, 3.05) is 12.0 Å². The van der Waals surface area contributed by atoms with Crippen LogP contribution in [0.4, 0.5) is 10.1 Å². The van der Waals surface area contributed by atoms with Gasteiger partial charge in [0.25, 0.3) is 5.91 Å². The highest BCUT2D eigenvalue weighted by molar-refractivity contribution is 7.10. The lowest BCUT2D eigenvalue weighted by Gasteiger charge is -2.33. The van der Waals surface area contributed by atoms with Crippen LogP contribution in [0.5, 0.6) is 5.75 Å². The molecule has 4 aromatic rings. The van der Waals surface area contributed by atoms with E-state index in [1.165, 1.54) is 40.5 Å². The normalized spacial score (nSPS) is 12.1. The summed E-state index contributed by atoms with van der Waals surface area (Å²) in [6.45, 7) is 5.37. The van der Waals surface area contributed by atoms with Gasteiger partial charge in [-0.2, -0.15) is 4.80 Å². The zero-order valence-electron chi connectivity index (χ0n) is 20.9. The molecule has 1 N–H and O–H groups in total. The molecule has 0 bridgehead atoms. The summed E-state index contributed by atoms with van der Waals surface area (Å²) in [6, 6.07) is 15.3. The van der Waals surface area contributed by atoms with Crippen molar-refractivity contribution in [3.63, 3.8) is 0 Å². The third kappa shape index (κ3) is 6.36. The zero-order chi connectivity index (χ0) is 26.6. The van der Waals surface area contributed by atoms with E-state index < -0.39 is 17.5 Å². The largest absolute Gasteiger partial charge is 0.497 e. The van der Waals surface area contributed by atoms with Gasteiger partial charge in [0, 0.05) is 21.7 Å². The topological polar surface area (TPSA) is 102 Å². The number of aromatic nitrogens is 4. The summed E-state index contributed by atoms with van der Waals surface area (Å²) < 4.78 is 18.6. The molecule has 9 nitrogen and oxygen atoms in total.